The predicted molar refractivity (Wildman–Crippen MR) is 74.3 cm³/mol. The molecule has 0 amide bonds. The molecule has 114 valence electrons. The first-order valence-corrected chi connectivity index (χ1v) is 7.70. The highest BCUT2D eigenvalue weighted by molar-refractivity contribution is 7.89. The molecule has 2 rings (SSSR count). The number of aliphatic hydroxyl groups is 1. The average molecular weight is 313 g/mol. The van der Waals surface area contributed by atoms with Gasteiger partial charge >= 0.3 is 0 Å². The summed E-state index contributed by atoms with van der Waals surface area (Å²) in [7, 11) is -2.27. The van der Waals surface area contributed by atoms with Crippen LogP contribution in [0.5, 0.6) is 0 Å². The number of aromatic nitrogens is 2. The minimum absolute atomic E-state index is 0.0187. The van der Waals surface area contributed by atoms with Gasteiger partial charge in [-0.25, -0.2) is 17.5 Å². The van der Waals surface area contributed by atoms with Gasteiger partial charge in [0.1, 0.15) is 10.7 Å². The Bertz CT molecular complexity index is 756. The van der Waals surface area contributed by atoms with E-state index in [1.807, 2.05) is 0 Å². The molecule has 0 aliphatic carbocycles. The van der Waals surface area contributed by atoms with Gasteiger partial charge in [-0.15, -0.1) is 0 Å². The van der Waals surface area contributed by atoms with Crippen molar-refractivity contribution in [1.82, 2.24) is 14.5 Å². The summed E-state index contributed by atoms with van der Waals surface area (Å²) in [6.45, 7) is 1.42. The first-order chi connectivity index (χ1) is 9.83. The number of halogens is 1. The maximum atomic E-state index is 13.7. The van der Waals surface area contributed by atoms with Crippen LogP contribution in [0.3, 0.4) is 0 Å². The van der Waals surface area contributed by atoms with Gasteiger partial charge in [0, 0.05) is 25.4 Å². The number of sulfonamides is 1. The molecule has 21 heavy (non-hydrogen) atoms. The van der Waals surface area contributed by atoms with E-state index in [4.69, 9.17) is 5.11 Å². The van der Waals surface area contributed by atoms with Crippen LogP contribution in [-0.4, -0.2) is 23.3 Å². The first kappa shape index (κ1) is 15.6. The van der Waals surface area contributed by atoms with Crippen LogP contribution in [0.2, 0.25) is 0 Å². The van der Waals surface area contributed by atoms with Crippen LogP contribution in [-0.2, 0) is 30.2 Å². The van der Waals surface area contributed by atoms with E-state index in [1.54, 1.807) is 24.9 Å². The van der Waals surface area contributed by atoms with Crippen LogP contribution in [0.15, 0.2) is 29.3 Å². The summed E-state index contributed by atoms with van der Waals surface area (Å²) in [5, 5.41) is 13.1. The summed E-state index contributed by atoms with van der Waals surface area (Å²) >= 11 is 0. The molecule has 0 saturated carbocycles. The van der Waals surface area contributed by atoms with E-state index < -0.39 is 20.7 Å². The topological polar surface area (TPSA) is 84.2 Å². The highest BCUT2D eigenvalue weighted by Gasteiger charge is 2.20. The molecule has 1 aromatic heterocycles. The first-order valence-electron chi connectivity index (χ1n) is 6.21. The average Bonchev–Trinajstić information content (AvgIpc) is 2.75. The van der Waals surface area contributed by atoms with E-state index in [0.717, 1.165) is 12.1 Å². The van der Waals surface area contributed by atoms with Crippen molar-refractivity contribution in [2.24, 2.45) is 7.05 Å². The van der Waals surface area contributed by atoms with E-state index in [-0.39, 0.29) is 13.2 Å². The lowest BCUT2D eigenvalue weighted by atomic mass is 10.2. The smallest absolute Gasteiger partial charge is 0.243 e. The zero-order valence-corrected chi connectivity index (χ0v) is 12.5. The Morgan fingerprint density at radius 1 is 1.43 bits per heavy atom. The van der Waals surface area contributed by atoms with Crippen molar-refractivity contribution in [2.75, 3.05) is 0 Å². The predicted octanol–water partition coefficient (Wildman–Crippen LogP) is 0.838. The molecule has 0 unspecified atom stereocenters. The lowest BCUT2D eigenvalue weighted by molar-refractivity contribution is 0.281. The Hall–Kier alpha value is -1.77. The van der Waals surface area contributed by atoms with Crippen LogP contribution in [0.4, 0.5) is 4.39 Å². The van der Waals surface area contributed by atoms with E-state index in [9.17, 15) is 12.8 Å². The van der Waals surface area contributed by atoms with Crippen molar-refractivity contribution in [3.05, 3.63) is 47.0 Å². The van der Waals surface area contributed by atoms with Crippen molar-refractivity contribution in [3.8, 4) is 0 Å². The van der Waals surface area contributed by atoms with E-state index in [1.165, 1.54) is 6.07 Å². The van der Waals surface area contributed by atoms with Gasteiger partial charge < -0.3 is 5.11 Å². The molecule has 2 N–H and O–H groups in total. The Labute approximate surface area is 122 Å². The molecule has 0 aliphatic heterocycles. The van der Waals surface area contributed by atoms with Gasteiger partial charge in [0.05, 0.1) is 12.3 Å². The molecule has 0 spiro atoms. The largest absolute Gasteiger partial charge is 0.392 e. The molecule has 0 aliphatic rings. The molecule has 1 aromatic carbocycles. The minimum Gasteiger partial charge on any atom is -0.392 e. The SMILES string of the molecule is Cc1nn(C)cc1CNS(=O)(=O)c1cc(CO)ccc1F. The number of hydrogen-bond donors (Lipinski definition) is 2. The molecular formula is C13H16FN3O3S. The third-order valence-electron chi connectivity index (χ3n) is 3.04. The van der Waals surface area contributed by atoms with Crippen molar-refractivity contribution in [1.29, 1.82) is 0 Å². The molecule has 0 bridgehead atoms. The monoisotopic (exact) mass is 313 g/mol. The Kier molecular flexibility index (Phi) is 4.40. The number of aliphatic hydroxyl groups excluding tert-OH is 1. The molecule has 0 atom stereocenters. The van der Waals surface area contributed by atoms with Crippen molar-refractivity contribution >= 4 is 10.0 Å². The van der Waals surface area contributed by atoms with Gasteiger partial charge in [0.2, 0.25) is 10.0 Å². The van der Waals surface area contributed by atoms with Crippen LogP contribution in [0, 0.1) is 12.7 Å². The van der Waals surface area contributed by atoms with Crippen LogP contribution >= 0.6 is 0 Å². The van der Waals surface area contributed by atoms with Gasteiger partial charge in [0.25, 0.3) is 0 Å². The Morgan fingerprint density at radius 2 is 2.14 bits per heavy atom. The summed E-state index contributed by atoms with van der Waals surface area (Å²) in [6.07, 6.45) is 1.69. The van der Waals surface area contributed by atoms with Crippen LogP contribution in [0.25, 0.3) is 0 Å². The number of hydrogen-bond acceptors (Lipinski definition) is 4. The summed E-state index contributed by atoms with van der Waals surface area (Å²) in [4.78, 5) is -0.476. The quantitative estimate of drug-likeness (QED) is 0.856. The number of aryl methyl sites for hydroxylation is 2. The fourth-order valence-corrected chi connectivity index (χ4v) is 3.06. The van der Waals surface area contributed by atoms with Crippen LogP contribution in [0.1, 0.15) is 16.8 Å². The molecule has 0 fully saturated rings. The highest BCUT2D eigenvalue weighted by Crippen LogP contribution is 2.17. The van der Waals surface area contributed by atoms with Gasteiger partial charge in [-0.2, -0.15) is 5.10 Å². The van der Waals surface area contributed by atoms with Crippen molar-refractivity contribution in [2.45, 2.75) is 25.0 Å². The lowest BCUT2D eigenvalue weighted by Gasteiger charge is -2.08. The van der Waals surface area contributed by atoms with Crippen molar-refractivity contribution < 1.29 is 17.9 Å². The van der Waals surface area contributed by atoms with E-state index in [2.05, 4.69) is 9.82 Å². The molecule has 8 heteroatoms. The van der Waals surface area contributed by atoms with Gasteiger partial charge in [-0.3, -0.25) is 4.68 Å². The summed E-state index contributed by atoms with van der Waals surface area (Å²) < 4.78 is 41.9. The van der Waals surface area contributed by atoms with Crippen LogP contribution < -0.4 is 4.72 Å². The Morgan fingerprint density at radius 3 is 2.71 bits per heavy atom. The fraction of sp³-hybridized carbons (Fsp3) is 0.308. The maximum Gasteiger partial charge on any atom is 0.243 e. The lowest BCUT2D eigenvalue weighted by Crippen LogP contribution is -2.24. The minimum atomic E-state index is -4.00. The second kappa shape index (κ2) is 5.92. The molecule has 6 nitrogen and oxygen atoms in total. The van der Waals surface area contributed by atoms with Crippen molar-refractivity contribution in [3.63, 3.8) is 0 Å². The number of rotatable bonds is 5. The molecular weight excluding hydrogens is 297 g/mol. The van der Waals surface area contributed by atoms with Gasteiger partial charge in [-0.05, 0) is 24.6 Å². The highest BCUT2D eigenvalue weighted by atomic mass is 32.2. The van der Waals surface area contributed by atoms with E-state index in [0.29, 0.717) is 16.8 Å². The number of nitrogens with zero attached hydrogens (tertiary/aromatic N) is 2. The standard InChI is InChI=1S/C13H16FN3O3S/c1-9-11(7-17(2)16-9)6-15-21(19,20)13-5-10(8-18)3-4-12(13)14/h3-5,7,15,18H,6,8H2,1-2H3. The second-order valence-electron chi connectivity index (χ2n) is 4.66. The third kappa shape index (κ3) is 3.46. The number of benzene rings is 1. The maximum absolute atomic E-state index is 13.7. The second-order valence-corrected chi connectivity index (χ2v) is 6.40. The van der Waals surface area contributed by atoms with Gasteiger partial charge in [-0.1, -0.05) is 6.07 Å². The molecule has 0 saturated heterocycles. The molecule has 1 heterocycles. The fourth-order valence-electron chi connectivity index (χ4n) is 1.92. The molecule has 2 aromatic rings. The number of nitrogens with one attached hydrogen (secondary N) is 1. The van der Waals surface area contributed by atoms with E-state index >= 15 is 0 Å². The third-order valence-corrected chi connectivity index (χ3v) is 4.45. The zero-order valence-electron chi connectivity index (χ0n) is 11.7. The van der Waals surface area contributed by atoms with Gasteiger partial charge in [0.15, 0.2) is 0 Å². The summed E-state index contributed by atoms with van der Waals surface area (Å²) in [6, 6.07) is 3.48. The zero-order chi connectivity index (χ0) is 15.6. The normalized spacial score (nSPS) is 11.8. The summed E-state index contributed by atoms with van der Waals surface area (Å²) in [5.41, 5.74) is 1.74. The molecule has 0 radical (unpaired) electrons. The Balaban J connectivity index is 2.24. The summed E-state index contributed by atoms with van der Waals surface area (Å²) in [5.74, 6) is -0.859.